The summed E-state index contributed by atoms with van der Waals surface area (Å²) in [6.07, 6.45) is 2.94. The molecule has 0 fully saturated rings. The highest BCUT2D eigenvalue weighted by Crippen LogP contribution is 2.20. The highest BCUT2D eigenvalue weighted by molar-refractivity contribution is 6.03. The molecule has 1 N–H and O–H groups in total. The van der Waals surface area contributed by atoms with Crippen LogP contribution in [0.1, 0.15) is 17.4 Å². The normalized spacial score (nSPS) is 11.0. The van der Waals surface area contributed by atoms with Gasteiger partial charge in [0.2, 0.25) is 0 Å². The monoisotopic (exact) mass is 351 g/mol. The zero-order valence-corrected chi connectivity index (χ0v) is 13.8. The van der Waals surface area contributed by atoms with Crippen molar-refractivity contribution >= 4 is 17.5 Å². The minimum Gasteiger partial charge on any atom is -0.305 e. The number of anilines is 1. The molecule has 0 aliphatic heterocycles. The second kappa shape index (κ2) is 6.36. The third kappa shape index (κ3) is 2.79. The minimum atomic E-state index is -0.374. The van der Waals surface area contributed by atoms with Gasteiger partial charge in [0.1, 0.15) is 23.7 Å². The molecule has 0 bridgehead atoms. The maximum atomic E-state index is 13.2. The van der Waals surface area contributed by atoms with Crippen LogP contribution in [0.3, 0.4) is 0 Å². The van der Waals surface area contributed by atoms with Crippen molar-refractivity contribution in [3.05, 3.63) is 60.4 Å². The number of nitrogens with one attached hydrogen (secondary N) is 1. The number of rotatable bonds is 4. The van der Waals surface area contributed by atoms with Crippen molar-refractivity contribution in [2.45, 2.75) is 13.5 Å². The molecular formula is C17H14FN7O. The van der Waals surface area contributed by atoms with Crippen LogP contribution in [0.2, 0.25) is 0 Å². The van der Waals surface area contributed by atoms with Crippen molar-refractivity contribution in [1.29, 1.82) is 0 Å². The van der Waals surface area contributed by atoms with Crippen LogP contribution in [-0.4, -0.2) is 35.3 Å². The lowest BCUT2D eigenvalue weighted by molar-refractivity contribution is 0.101. The Kier molecular flexibility index (Phi) is 3.88. The number of nitrogens with zero attached hydrogens (tertiary/aromatic N) is 6. The second-order valence-corrected chi connectivity index (χ2v) is 5.49. The molecule has 1 aromatic carbocycles. The predicted molar refractivity (Wildman–Crippen MR) is 92.0 cm³/mol. The first-order valence-electron chi connectivity index (χ1n) is 7.95. The SMILES string of the molecule is CCn1nccc1NC(=O)c1cc(-c2ccc(F)cc2)nc2ncnn12. The van der Waals surface area contributed by atoms with Crippen LogP contribution in [0.15, 0.2) is 48.9 Å². The smallest absolute Gasteiger partial charge is 0.275 e. The van der Waals surface area contributed by atoms with Crippen LogP contribution in [0, 0.1) is 5.82 Å². The fraction of sp³-hybridized carbons (Fsp3) is 0.118. The number of hydrogen-bond acceptors (Lipinski definition) is 5. The van der Waals surface area contributed by atoms with Crippen molar-refractivity contribution in [2.75, 3.05) is 5.32 Å². The molecule has 4 aromatic rings. The van der Waals surface area contributed by atoms with Crippen LogP contribution in [0.25, 0.3) is 17.0 Å². The Morgan fingerprint density at radius 1 is 1.19 bits per heavy atom. The average molecular weight is 351 g/mol. The Hall–Kier alpha value is -3.62. The van der Waals surface area contributed by atoms with Gasteiger partial charge in [-0.2, -0.15) is 19.7 Å². The molecule has 26 heavy (non-hydrogen) atoms. The van der Waals surface area contributed by atoms with Crippen LogP contribution < -0.4 is 5.32 Å². The van der Waals surface area contributed by atoms with Gasteiger partial charge in [0.05, 0.1) is 11.9 Å². The van der Waals surface area contributed by atoms with E-state index < -0.39 is 0 Å². The maximum Gasteiger partial charge on any atom is 0.275 e. The van der Waals surface area contributed by atoms with E-state index in [1.165, 1.54) is 23.0 Å². The van der Waals surface area contributed by atoms with E-state index >= 15 is 0 Å². The number of halogens is 1. The Morgan fingerprint density at radius 3 is 2.77 bits per heavy atom. The highest BCUT2D eigenvalue weighted by Gasteiger charge is 2.17. The Morgan fingerprint density at radius 2 is 2.00 bits per heavy atom. The quantitative estimate of drug-likeness (QED) is 0.610. The first-order valence-corrected chi connectivity index (χ1v) is 7.95. The number of hydrogen-bond donors (Lipinski definition) is 1. The molecule has 8 nitrogen and oxygen atoms in total. The zero-order valence-electron chi connectivity index (χ0n) is 13.8. The van der Waals surface area contributed by atoms with E-state index in [0.29, 0.717) is 23.6 Å². The van der Waals surface area contributed by atoms with Gasteiger partial charge < -0.3 is 5.32 Å². The molecule has 9 heteroatoms. The summed E-state index contributed by atoms with van der Waals surface area (Å²) in [5.41, 5.74) is 1.43. The van der Waals surface area contributed by atoms with Crippen LogP contribution in [0.5, 0.6) is 0 Å². The lowest BCUT2D eigenvalue weighted by Crippen LogP contribution is -2.19. The van der Waals surface area contributed by atoms with E-state index in [2.05, 4.69) is 25.5 Å². The van der Waals surface area contributed by atoms with Gasteiger partial charge in [0.25, 0.3) is 11.7 Å². The number of carbonyl (C=O) groups is 1. The summed E-state index contributed by atoms with van der Waals surface area (Å²) < 4.78 is 16.2. The van der Waals surface area contributed by atoms with Gasteiger partial charge in [0, 0.05) is 18.2 Å². The topological polar surface area (TPSA) is 90.0 Å². The average Bonchev–Trinajstić information content (AvgIpc) is 3.30. The molecule has 0 saturated heterocycles. The van der Waals surface area contributed by atoms with Crippen molar-refractivity contribution in [3.63, 3.8) is 0 Å². The third-order valence-electron chi connectivity index (χ3n) is 3.88. The molecule has 0 aliphatic carbocycles. The summed E-state index contributed by atoms with van der Waals surface area (Å²) in [6, 6.07) is 9.17. The summed E-state index contributed by atoms with van der Waals surface area (Å²) in [7, 11) is 0. The van der Waals surface area contributed by atoms with Crippen molar-refractivity contribution in [1.82, 2.24) is 29.4 Å². The molecule has 3 aromatic heterocycles. The van der Waals surface area contributed by atoms with Crippen LogP contribution in [0.4, 0.5) is 10.2 Å². The molecule has 0 radical (unpaired) electrons. The van der Waals surface area contributed by atoms with E-state index in [9.17, 15) is 9.18 Å². The first kappa shape index (κ1) is 15.9. The van der Waals surface area contributed by atoms with E-state index in [-0.39, 0.29) is 23.2 Å². The van der Waals surface area contributed by atoms with Gasteiger partial charge in [-0.25, -0.2) is 14.1 Å². The van der Waals surface area contributed by atoms with Gasteiger partial charge >= 0.3 is 0 Å². The number of carbonyl (C=O) groups excluding carboxylic acids is 1. The van der Waals surface area contributed by atoms with Gasteiger partial charge in [-0.05, 0) is 37.3 Å². The maximum absolute atomic E-state index is 13.2. The van der Waals surface area contributed by atoms with Gasteiger partial charge in [-0.3, -0.25) is 4.79 Å². The van der Waals surface area contributed by atoms with Crippen LogP contribution in [-0.2, 0) is 6.54 Å². The molecule has 3 heterocycles. The fourth-order valence-electron chi connectivity index (χ4n) is 2.61. The number of benzene rings is 1. The van der Waals surface area contributed by atoms with Crippen molar-refractivity contribution in [3.8, 4) is 11.3 Å². The lowest BCUT2D eigenvalue weighted by atomic mass is 10.1. The molecule has 0 unspecified atom stereocenters. The summed E-state index contributed by atoms with van der Waals surface area (Å²) in [5.74, 6) is 0.136. The molecule has 130 valence electrons. The fourth-order valence-corrected chi connectivity index (χ4v) is 2.61. The summed E-state index contributed by atoms with van der Waals surface area (Å²) in [5, 5.41) is 11.0. The Bertz CT molecular complexity index is 1080. The molecule has 0 aliphatic rings. The van der Waals surface area contributed by atoms with Gasteiger partial charge in [0.15, 0.2) is 0 Å². The van der Waals surface area contributed by atoms with Crippen LogP contribution >= 0.6 is 0 Å². The van der Waals surface area contributed by atoms with E-state index in [1.54, 1.807) is 35.1 Å². The molecule has 0 spiro atoms. The Balaban J connectivity index is 1.77. The van der Waals surface area contributed by atoms with E-state index in [1.807, 2.05) is 6.92 Å². The van der Waals surface area contributed by atoms with Crippen molar-refractivity contribution < 1.29 is 9.18 Å². The number of aromatic nitrogens is 6. The highest BCUT2D eigenvalue weighted by atomic mass is 19.1. The van der Waals surface area contributed by atoms with E-state index in [0.717, 1.165) is 0 Å². The standard InChI is InChI=1S/C17H14FN7O/c1-2-24-15(7-8-20-24)23-16(26)14-9-13(11-3-5-12(18)6-4-11)22-17-19-10-21-25(14)17/h3-10H,2H2,1H3,(H,23,26). The minimum absolute atomic E-state index is 0.260. The third-order valence-corrected chi connectivity index (χ3v) is 3.88. The molecule has 1 amide bonds. The molecule has 0 saturated carbocycles. The zero-order chi connectivity index (χ0) is 18.1. The van der Waals surface area contributed by atoms with E-state index in [4.69, 9.17) is 0 Å². The number of amides is 1. The molecular weight excluding hydrogens is 337 g/mol. The summed E-state index contributed by atoms with van der Waals surface area (Å²) in [4.78, 5) is 21.2. The summed E-state index contributed by atoms with van der Waals surface area (Å²) in [6.45, 7) is 2.55. The largest absolute Gasteiger partial charge is 0.305 e. The predicted octanol–water partition coefficient (Wildman–Crippen LogP) is 2.40. The summed E-state index contributed by atoms with van der Waals surface area (Å²) >= 11 is 0. The first-order chi connectivity index (χ1) is 12.7. The second-order valence-electron chi connectivity index (χ2n) is 5.49. The van der Waals surface area contributed by atoms with Gasteiger partial charge in [-0.15, -0.1) is 0 Å². The number of aryl methyl sites for hydroxylation is 1. The van der Waals surface area contributed by atoms with Crippen molar-refractivity contribution in [2.24, 2.45) is 0 Å². The molecule has 4 rings (SSSR count). The Labute approximate surface area is 147 Å². The molecule has 0 atom stereocenters. The lowest BCUT2D eigenvalue weighted by Gasteiger charge is -2.09. The van der Waals surface area contributed by atoms with Gasteiger partial charge in [-0.1, -0.05) is 0 Å². The number of fused-ring (bicyclic) bond motifs is 1.